The van der Waals surface area contributed by atoms with Gasteiger partial charge < -0.3 is 15.0 Å². The Morgan fingerprint density at radius 1 is 1.33 bits per heavy atom. The number of carbonyl (C=O) groups is 1. The summed E-state index contributed by atoms with van der Waals surface area (Å²) in [5.74, 6) is 0.0858. The van der Waals surface area contributed by atoms with Gasteiger partial charge in [0, 0.05) is 7.05 Å². The lowest BCUT2D eigenvalue weighted by Gasteiger charge is -2.23. The number of benzene rings is 1. The van der Waals surface area contributed by atoms with Crippen LogP contribution in [-0.4, -0.2) is 59.1 Å². The lowest BCUT2D eigenvalue weighted by atomic mass is 10.1. The zero-order valence-electron chi connectivity index (χ0n) is 15.5. The van der Waals surface area contributed by atoms with Crippen molar-refractivity contribution in [1.29, 1.82) is 0 Å². The van der Waals surface area contributed by atoms with E-state index >= 15 is 0 Å². The van der Waals surface area contributed by atoms with E-state index in [1.165, 1.54) is 12.1 Å². The maximum absolute atomic E-state index is 12.9. The first-order valence-electron chi connectivity index (χ1n) is 8.82. The minimum Gasteiger partial charge on any atom is -0.492 e. The molecule has 1 N–H and O–H groups in total. The summed E-state index contributed by atoms with van der Waals surface area (Å²) in [7, 11) is 1.71. The first-order valence-corrected chi connectivity index (χ1v) is 8.82. The summed E-state index contributed by atoms with van der Waals surface area (Å²) in [6.45, 7) is 4.51. The maximum atomic E-state index is 12.9. The second kappa shape index (κ2) is 9.66. The van der Waals surface area contributed by atoms with E-state index in [0.29, 0.717) is 24.6 Å². The van der Waals surface area contributed by atoms with Crippen LogP contribution in [0, 0.1) is 12.7 Å². The van der Waals surface area contributed by atoms with Crippen molar-refractivity contribution in [3.8, 4) is 5.75 Å². The zero-order valence-corrected chi connectivity index (χ0v) is 16.3. The number of nitrogens with zero attached hydrogens (tertiary/aromatic N) is 4. The third-order valence-corrected chi connectivity index (χ3v) is 4.64. The lowest BCUT2D eigenvalue weighted by molar-refractivity contribution is 0.0767. The van der Waals surface area contributed by atoms with E-state index in [1.54, 1.807) is 24.1 Å². The molecule has 0 aliphatic carbocycles. The molecule has 2 aromatic rings. The first-order chi connectivity index (χ1) is 12.6. The molecule has 0 unspecified atom stereocenters. The van der Waals surface area contributed by atoms with Crippen LogP contribution in [0.5, 0.6) is 5.75 Å². The zero-order chi connectivity index (χ0) is 18.5. The molecule has 0 saturated carbocycles. The predicted octanol–water partition coefficient (Wildman–Crippen LogP) is 2.22. The molecule has 3 rings (SSSR count). The van der Waals surface area contributed by atoms with Crippen LogP contribution in [0.3, 0.4) is 0 Å². The van der Waals surface area contributed by atoms with Crippen molar-refractivity contribution < 1.29 is 13.9 Å². The summed E-state index contributed by atoms with van der Waals surface area (Å²) in [5, 5.41) is 11.6. The van der Waals surface area contributed by atoms with Crippen LogP contribution in [0.4, 0.5) is 4.39 Å². The highest BCUT2D eigenvalue weighted by Gasteiger charge is 2.24. The van der Waals surface area contributed by atoms with Crippen molar-refractivity contribution in [1.82, 2.24) is 25.2 Å². The highest BCUT2D eigenvalue weighted by atomic mass is 35.5. The standard InChI is InChI=1S/C18H24FN5O2.ClH/c1-13-17(21-22-24(13)15-7-9-20-10-8-15)18(25)23(2)11-12-26-16-5-3-14(19)4-6-16;/h3-6,15,20H,7-12H2,1-2H3;1H. The van der Waals surface area contributed by atoms with E-state index < -0.39 is 0 Å². The molecule has 9 heteroatoms. The molecule has 1 aromatic heterocycles. The number of carbonyl (C=O) groups excluding carboxylic acids is 1. The summed E-state index contributed by atoms with van der Waals surface area (Å²) < 4.78 is 20.3. The number of amides is 1. The van der Waals surface area contributed by atoms with Gasteiger partial charge in [-0.1, -0.05) is 5.21 Å². The number of nitrogens with one attached hydrogen (secondary N) is 1. The van der Waals surface area contributed by atoms with Crippen LogP contribution in [0.2, 0.25) is 0 Å². The van der Waals surface area contributed by atoms with Crippen LogP contribution >= 0.6 is 12.4 Å². The van der Waals surface area contributed by atoms with Crippen molar-refractivity contribution in [3.05, 3.63) is 41.5 Å². The highest BCUT2D eigenvalue weighted by Crippen LogP contribution is 2.20. The van der Waals surface area contributed by atoms with Gasteiger partial charge >= 0.3 is 0 Å². The van der Waals surface area contributed by atoms with Crippen molar-refractivity contribution in [2.24, 2.45) is 0 Å². The Labute approximate surface area is 164 Å². The number of aromatic nitrogens is 3. The van der Waals surface area contributed by atoms with Gasteiger partial charge in [-0.25, -0.2) is 9.07 Å². The summed E-state index contributed by atoms with van der Waals surface area (Å²) in [4.78, 5) is 14.2. The van der Waals surface area contributed by atoms with Crippen LogP contribution < -0.4 is 10.1 Å². The van der Waals surface area contributed by atoms with E-state index in [1.807, 2.05) is 11.6 Å². The summed E-state index contributed by atoms with van der Waals surface area (Å²) in [6.07, 6.45) is 1.97. The van der Waals surface area contributed by atoms with Crippen molar-refractivity contribution in [2.45, 2.75) is 25.8 Å². The molecule has 1 saturated heterocycles. The van der Waals surface area contributed by atoms with Crippen LogP contribution in [-0.2, 0) is 0 Å². The van der Waals surface area contributed by atoms with Crippen LogP contribution in [0.1, 0.15) is 35.1 Å². The fourth-order valence-electron chi connectivity index (χ4n) is 3.05. The van der Waals surface area contributed by atoms with E-state index in [9.17, 15) is 9.18 Å². The Balaban J connectivity index is 0.00000261. The highest BCUT2D eigenvalue weighted by molar-refractivity contribution is 5.93. The van der Waals surface area contributed by atoms with Crippen molar-refractivity contribution in [3.63, 3.8) is 0 Å². The van der Waals surface area contributed by atoms with Gasteiger partial charge in [0.1, 0.15) is 18.2 Å². The molecular weight excluding hydrogens is 373 g/mol. The molecular formula is C18H25ClFN5O2. The largest absolute Gasteiger partial charge is 0.492 e. The summed E-state index contributed by atoms with van der Waals surface area (Å²) in [6, 6.07) is 6.09. The average molecular weight is 398 g/mol. The molecule has 1 amide bonds. The Bertz CT molecular complexity index is 747. The predicted molar refractivity (Wildman–Crippen MR) is 102 cm³/mol. The Morgan fingerprint density at radius 2 is 2.00 bits per heavy atom. The SMILES string of the molecule is Cc1c(C(=O)N(C)CCOc2ccc(F)cc2)nnn1C1CCNCC1.Cl. The number of hydrogen-bond acceptors (Lipinski definition) is 5. The van der Waals surface area contributed by atoms with Gasteiger partial charge in [0.2, 0.25) is 0 Å². The average Bonchev–Trinajstić information content (AvgIpc) is 3.04. The molecule has 27 heavy (non-hydrogen) atoms. The molecule has 148 valence electrons. The van der Waals surface area contributed by atoms with E-state index in [2.05, 4.69) is 15.6 Å². The van der Waals surface area contributed by atoms with Crippen molar-refractivity contribution in [2.75, 3.05) is 33.3 Å². The lowest BCUT2D eigenvalue weighted by Crippen LogP contribution is -2.32. The quantitative estimate of drug-likeness (QED) is 0.809. The molecule has 0 atom stereocenters. The number of halogens is 2. The van der Waals surface area contributed by atoms with E-state index in [0.717, 1.165) is 31.6 Å². The smallest absolute Gasteiger partial charge is 0.276 e. The van der Waals surface area contributed by atoms with Gasteiger partial charge in [0.15, 0.2) is 5.69 Å². The normalized spacial score (nSPS) is 14.5. The number of ether oxygens (including phenoxy) is 1. The summed E-state index contributed by atoms with van der Waals surface area (Å²) in [5.41, 5.74) is 1.18. The van der Waals surface area contributed by atoms with Gasteiger partial charge in [-0.15, -0.1) is 17.5 Å². The summed E-state index contributed by atoms with van der Waals surface area (Å²) >= 11 is 0. The second-order valence-electron chi connectivity index (χ2n) is 6.48. The molecule has 0 bridgehead atoms. The van der Waals surface area contributed by atoms with Gasteiger partial charge in [-0.3, -0.25) is 4.79 Å². The minimum absolute atomic E-state index is 0. The van der Waals surface area contributed by atoms with Gasteiger partial charge in [0.05, 0.1) is 18.3 Å². The van der Waals surface area contributed by atoms with Gasteiger partial charge in [0.25, 0.3) is 5.91 Å². The fourth-order valence-corrected chi connectivity index (χ4v) is 3.05. The second-order valence-corrected chi connectivity index (χ2v) is 6.48. The Hall–Kier alpha value is -2.19. The van der Waals surface area contributed by atoms with Gasteiger partial charge in [-0.2, -0.15) is 0 Å². The number of hydrogen-bond donors (Lipinski definition) is 1. The molecule has 2 heterocycles. The molecule has 0 radical (unpaired) electrons. The Kier molecular flexibility index (Phi) is 7.55. The number of piperidine rings is 1. The molecule has 0 spiro atoms. The number of likely N-dealkylation sites (N-methyl/N-ethyl adjacent to an activating group) is 1. The molecule has 1 aromatic carbocycles. The van der Waals surface area contributed by atoms with E-state index in [4.69, 9.17) is 4.74 Å². The van der Waals surface area contributed by atoms with Gasteiger partial charge in [-0.05, 0) is 57.1 Å². The first kappa shape index (κ1) is 21.1. The van der Waals surface area contributed by atoms with Crippen LogP contribution in [0.15, 0.2) is 24.3 Å². The third-order valence-electron chi connectivity index (χ3n) is 4.64. The molecule has 7 nitrogen and oxygen atoms in total. The van der Waals surface area contributed by atoms with Crippen molar-refractivity contribution >= 4 is 18.3 Å². The Morgan fingerprint density at radius 3 is 2.67 bits per heavy atom. The minimum atomic E-state index is -0.308. The third kappa shape index (κ3) is 5.17. The van der Waals surface area contributed by atoms with E-state index in [-0.39, 0.29) is 30.2 Å². The fraction of sp³-hybridized carbons (Fsp3) is 0.500. The monoisotopic (exact) mass is 397 g/mol. The molecule has 1 fully saturated rings. The number of rotatable bonds is 6. The van der Waals surface area contributed by atoms with Crippen LogP contribution in [0.25, 0.3) is 0 Å². The maximum Gasteiger partial charge on any atom is 0.276 e. The molecule has 1 aliphatic rings. The molecule has 1 aliphatic heterocycles. The topological polar surface area (TPSA) is 72.3 Å².